The third-order valence-electron chi connectivity index (χ3n) is 3.45. The fourth-order valence-electron chi connectivity index (χ4n) is 2.15. The average Bonchev–Trinajstić information content (AvgIpc) is 2.77. The molecule has 1 heterocycles. The molecule has 19 heavy (non-hydrogen) atoms. The molecule has 0 aliphatic rings. The molecule has 0 atom stereocenters. The molecule has 2 aromatic rings. The van der Waals surface area contributed by atoms with Crippen molar-refractivity contribution in [3.05, 3.63) is 50.5 Å². The minimum atomic E-state index is 0.942. The molecule has 1 N–H and O–H groups in total. The number of benzene rings is 1. The molecule has 1 aromatic heterocycles. The van der Waals surface area contributed by atoms with Gasteiger partial charge in [-0.1, -0.05) is 12.1 Å². The Morgan fingerprint density at radius 2 is 1.79 bits per heavy atom. The normalized spacial score (nSPS) is 10.9. The van der Waals surface area contributed by atoms with Gasteiger partial charge in [0.25, 0.3) is 0 Å². The summed E-state index contributed by atoms with van der Waals surface area (Å²) in [6, 6.07) is 4.57. The van der Waals surface area contributed by atoms with E-state index in [1.807, 2.05) is 6.20 Å². The van der Waals surface area contributed by atoms with Gasteiger partial charge in [-0.05, 0) is 49.9 Å². The molecule has 0 saturated carbocycles. The second-order valence-corrected chi connectivity index (χ2v) is 6.47. The molecule has 0 saturated heterocycles. The van der Waals surface area contributed by atoms with Gasteiger partial charge >= 0.3 is 0 Å². The molecule has 0 radical (unpaired) electrons. The Morgan fingerprint density at radius 1 is 1.05 bits per heavy atom. The lowest BCUT2D eigenvalue weighted by Gasteiger charge is -2.10. The quantitative estimate of drug-likeness (QED) is 0.841. The topological polar surface area (TPSA) is 24.9 Å². The van der Waals surface area contributed by atoms with E-state index < -0.39 is 0 Å². The Morgan fingerprint density at radius 3 is 2.47 bits per heavy atom. The van der Waals surface area contributed by atoms with Gasteiger partial charge in [0, 0.05) is 30.6 Å². The van der Waals surface area contributed by atoms with Crippen molar-refractivity contribution in [3.8, 4) is 0 Å². The van der Waals surface area contributed by atoms with Gasteiger partial charge in [0.2, 0.25) is 0 Å². The largest absolute Gasteiger partial charge is 0.312 e. The van der Waals surface area contributed by atoms with Crippen LogP contribution in [-0.2, 0) is 13.0 Å². The summed E-state index contributed by atoms with van der Waals surface area (Å²) < 4.78 is 0. The van der Waals surface area contributed by atoms with Gasteiger partial charge in [0.1, 0.15) is 0 Å². The van der Waals surface area contributed by atoms with Crippen molar-refractivity contribution < 1.29 is 0 Å². The van der Waals surface area contributed by atoms with Gasteiger partial charge in [-0.3, -0.25) is 0 Å². The molecule has 3 heteroatoms. The van der Waals surface area contributed by atoms with E-state index in [0.717, 1.165) is 19.5 Å². The van der Waals surface area contributed by atoms with E-state index in [2.05, 4.69) is 50.1 Å². The van der Waals surface area contributed by atoms with Crippen molar-refractivity contribution >= 4 is 11.3 Å². The number of aromatic nitrogens is 1. The Bertz CT molecular complexity index is 558. The van der Waals surface area contributed by atoms with E-state index in [9.17, 15) is 0 Å². The zero-order chi connectivity index (χ0) is 13.8. The van der Waals surface area contributed by atoms with Crippen LogP contribution in [0.4, 0.5) is 0 Å². The van der Waals surface area contributed by atoms with Crippen molar-refractivity contribution in [2.45, 2.75) is 40.7 Å². The Balaban J connectivity index is 1.84. The van der Waals surface area contributed by atoms with E-state index >= 15 is 0 Å². The summed E-state index contributed by atoms with van der Waals surface area (Å²) >= 11 is 1.79. The van der Waals surface area contributed by atoms with Crippen LogP contribution in [0.1, 0.15) is 32.1 Å². The minimum Gasteiger partial charge on any atom is -0.312 e. The molecular weight excluding hydrogens is 252 g/mol. The van der Waals surface area contributed by atoms with Crippen molar-refractivity contribution in [2.24, 2.45) is 0 Å². The minimum absolute atomic E-state index is 0.942. The molecule has 0 bridgehead atoms. The summed E-state index contributed by atoms with van der Waals surface area (Å²) in [6.45, 7) is 10.6. The molecule has 0 unspecified atom stereocenters. The van der Waals surface area contributed by atoms with Crippen LogP contribution in [0.15, 0.2) is 18.3 Å². The van der Waals surface area contributed by atoms with E-state index in [-0.39, 0.29) is 0 Å². The fraction of sp³-hybridized carbons (Fsp3) is 0.438. The van der Waals surface area contributed by atoms with Crippen LogP contribution in [-0.4, -0.2) is 11.5 Å². The number of nitrogens with zero attached hydrogens (tertiary/aromatic N) is 1. The molecule has 2 rings (SSSR count). The second kappa shape index (κ2) is 6.31. The van der Waals surface area contributed by atoms with Crippen LogP contribution in [0.25, 0.3) is 0 Å². The first kappa shape index (κ1) is 14.2. The standard InChI is InChI=1S/C16H22N2S/c1-11-7-13(3)15(8-12(11)2)10-17-6-5-16-18-9-14(4)19-16/h7-9,17H,5-6,10H2,1-4H3. The highest BCUT2D eigenvalue weighted by Crippen LogP contribution is 2.15. The number of rotatable bonds is 5. The van der Waals surface area contributed by atoms with Crippen molar-refractivity contribution in [1.82, 2.24) is 10.3 Å². The highest BCUT2D eigenvalue weighted by molar-refractivity contribution is 7.11. The van der Waals surface area contributed by atoms with Crippen LogP contribution >= 0.6 is 11.3 Å². The van der Waals surface area contributed by atoms with Crippen LogP contribution in [0.5, 0.6) is 0 Å². The molecule has 102 valence electrons. The first-order valence-corrected chi connectivity index (χ1v) is 7.56. The first-order chi connectivity index (χ1) is 9.06. The van der Waals surface area contributed by atoms with Gasteiger partial charge in [-0.25, -0.2) is 4.98 Å². The smallest absolute Gasteiger partial charge is 0.0940 e. The lowest BCUT2D eigenvalue weighted by atomic mass is 10.0. The molecule has 1 aromatic carbocycles. The fourth-order valence-corrected chi connectivity index (χ4v) is 2.93. The summed E-state index contributed by atoms with van der Waals surface area (Å²) in [5, 5.41) is 4.74. The molecular formula is C16H22N2S. The predicted molar refractivity (Wildman–Crippen MR) is 82.9 cm³/mol. The van der Waals surface area contributed by atoms with Crippen LogP contribution in [0.3, 0.4) is 0 Å². The molecule has 0 spiro atoms. The summed E-state index contributed by atoms with van der Waals surface area (Å²) in [4.78, 5) is 5.67. The zero-order valence-electron chi connectivity index (χ0n) is 12.2. The Hall–Kier alpha value is -1.19. The Labute approximate surface area is 119 Å². The Kier molecular flexibility index (Phi) is 4.72. The van der Waals surface area contributed by atoms with Gasteiger partial charge in [-0.15, -0.1) is 11.3 Å². The predicted octanol–water partition coefficient (Wildman–Crippen LogP) is 3.71. The molecule has 0 aliphatic heterocycles. The lowest BCUT2D eigenvalue weighted by molar-refractivity contribution is 0.682. The zero-order valence-corrected chi connectivity index (χ0v) is 13.0. The summed E-state index contributed by atoms with van der Waals surface area (Å²) in [5.74, 6) is 0. The van der Waals surface area contributed by atoms with Crippen molar-refractivity contribution in [3.63, 3.8) is 0 Å². The van der Waals surface area contributed by atoms with Crippen molar-refractivity contribution in [2.75, 3.05) is 6.54 Å². The van der Waals surface area contributed by atoms with E-state index in [1.54, 1.807) is 11.3 Å². The van der Waals surface area contributed by atoms with Gasteiger partial charge in [0.15, 0.2) is 0 Å². The third kappa shape index (κ3) is 3.88. The van der Waals surface area contributed by atoms with Crippen molar-refractivity contribution in [1.29, 1.82) is 0 Å². The molecule has 2 nitrogen and oxygen atoms in total. The van der Waals surface area contributed by atoms with Gasteiger partial charge < -0.3 is 5.32 Å². The molecule has 0 fully saturated rings. The summed E-state index contributed by atoms with van der Waals surface area (Å²) in [7, 11) is 0. The SMILES string of the molecule is Cc1cnc(CCNCc2cc(C)c(C)cc2C)s1. The maximum absolute atomic E-state index is 4.38. The number of hydrogen-bond donors (Lipinski definition) is 1. The van der Waals surface area contributed by atoms with E-state index in [4.69, 9.17) is 0 Å². The molecule has 0 amide bonds. The number of thiazole rings is 1. The third-order valence-corrected chi connectivity index (χ3v) is 4.43. The molecule has 0 aliphatic carbocycles. The number of hydrogen-bond acceptors (Lipinski definition) is 3. The highest BCUT2D eigenvalue weighted by atomic mass is 32.1. The first-order valence-electron chi connectivity index (χ1n) is 6.75. The van der Waals surface area contributed by atoms with Crippen LogP contribution < -0.4 is 5.32 Å². The van der Waals surface area contributed by atoms with Gasteiger partial charge in [0.05, 0.1) is 5.01 Å². The van der Waals surface area contributed by atoms with E-state index in [0.29, 0.717) is 0 Å². The van der Waals surface area contributed by atoms with Crippen LogP contribution in [0, 0.1) is 27.7 Å². The van der Waals surface area contributed by atoms with Crippen LogP contribution in [0.2, 0.25) is 0 Å². The number of aryl methyl sites for hydroxylation is 4. The average molecular weight is 274 g/mol. The monoisotopic (exact) mass is 274 g/mol. The van der Waals surface area contributed by atoms with E-state index in [1.165, 1.54) is 32.1 Å². The lowest BCUT2D eigenvalue weighted by Crippen LogP contribution is -2.17. The maximum atomic E-state index is 4.38. The number of nitrogens with one attached hydrogen (secondary N) is 1. The second-order valence-electron chi connectivity index (χ2n) is 5.15. The highest BCUT2D eigenvalue weighted by Gasteiger charge is 2.02. The maximum Gasteiger partial charge on any atom is 0.0940 e. The summed E-state index contributed by atoms with van der Waals surface area (Å²) in [6.07, 6.45) is 2.97. The van der Waals surface area contributed by atoms with Gasteiger partial charge in [-0.2, -0.15) is 0 Å². The summed E-state index contributed by atoms with van der Waals surface area (Å²) in [5.41, 5.74) is 5.52.